The normalized spacial score (nSPS) is 16.0. The highest BCUT2D eigenvalue weighted by atomic mass is 32.2. The lowest BCUT2D eigenvalue weighted by molar-refractivity contribution is -0.112. The summed E-state index contributed by atoms with van der Waals surface area (Å²) in [5.41, 5.74) is 1.94. The molecule has 1 aliphatic heterocycles. The number of piperidine rings is 1. The number of nitrogens with zero attached hydrogens (tertiary/aromatic N) is 3. The van der Waals surface area contributed by atoms with Crippen molar-refractivity contribution in [2.24, 2.45) is 4.99 Å². The predicted molar refractivity (Wildman–Crippen MR) is 135 cm³/mol. The van der Waals surface area contributed by atoms with Gasteiger partial charge in [-0.2, -0.15) is 0 Å². The number of allylic oxidation sites excluding steroid dienone is 1. The Labute approximate surface area is 199 Å². The summed E-state index contributed by atoms with van der Waals surface area (Å²) in [4.78, 5) is 24.7. The predicted octanol–water partition coefficient (Wildman–Crippen LogP) is 3.65. The first-order valence-corrected chi connectivity index (χ1v) is 13.4. The molecule has 1 aromatic carbocycles. The zero-order valence-electron chi connectivity index (χ0n) is 19.0. The molecule has 1 fully saturated rings. The maximum absolute atomic E-state index is 13.0. The molecule has 0 atom stereocenters. The van der Waals surface area contributed by atoms with Crippen LogP contribution in [0.1, 0.15) is 26.7 Å². The number of pyridine rings is 1. The number of aliphatic imine (C=N–C) groups is 1. The monoisotopic (exact) mass is 487 g/mol. The maximum atomic E-state index is 13.0. The second-order valence-corrected chi connectivity index (χ2v) is 10.8. The number of carbonyl (C=O) groups excluding carboxylic acids is 1. The number of rotatable bonds is 7. The number of anilines is 2. The quantitative estimate of drug-likeness (QED) is 0.267. The highest BCUT2D eigenvalue weighted by Crippen LogP contribution is 2.29. The summed E-state index contributed by atoms with van der Waals surface area (Å²) in [6.45, 7) is 5.03. The molecule has 0 unspecified atom stereocenters. The van der Waals surface area contributed by atoms with Crippen molar-refractivity contribution in [1.29, 1.82) is 0 Å². The number of sulfonamides is 1. The molecule has 2 aromatic rings. The molecule has 0 saturated carbocycles. The molecule has 0 bridgehead atoms. The van der Waals surface area contributed by atoms with Gasteiger partial charge in [0.1, 0.15) is 5.70 Å². The van der Waals surface area contributed by atoms with Gasteiger partial charge >= 0.3 is 0 Å². The SMILES string of the molecule is C/C=C(\N=C(C)Sc1ccncc1)C(=O)Nc1ccccc1N1CCC(NS(C)(=O)=O)CC1. The minimum Gasteiger partial charge on any atom is -0.370 e. The van der Waals surface area contributed by atoms with Crippen LogP contribution in [0.2, 0.25) is 0 Å². The first kappa shape index (κ1) is 24.9. The lowest BCUT2D eigenvalue weighted by atomic mass is 10.0. The average molecular weight is 488 g/mol. The Balaban J connectivity index is 1.67. The molecule has 1 amide bonds. The average Bonchev–Trinajstić information content (AvgIpc) is 2.78. The fraction of sp³-hybridized carbons (Fsp3) is 0.348. The van der Waals surface area contributed by atoms with Gasteiger partial charge in [-0.25, -0.2) is 18.1 Å². The summed E-state index contributed by atoms with van der Waals surface area (Å²) in [6, 6.07) is 11.3. The van der Waals surface area contributed by atoms with E-state index in [-0.39, 0.29) is 11.9 Å². The van der Waals surface area contributed by atoms with E-state index < -0.39 is 10.0 Å². The third kappa shape index (κ3) is 7.69. The summed E-state index contributed by atoms with van der Waals surface area (Å²) >= 11 is 1.47. The van der Waals surface area contributed by atoms with E-state index in [1.54, 1.807) is 25.4 Å². The second-order valence-electron chi connectivity index (χ2n) is 7.71. The first-order chi connectivity index (χ1) is 15.7. The molecular weight excluding hydrogens is 458 g/mol. The molecule has 1 aliphatic rings. The molecule has 8 nitrogen and oxygen atoms in total. The van der Waals surface area contributed by atoms with Crippen LogP contribution < -0.4 is 14.9 Å². The Morgan fingerprint density at radius 3 is 2.48 bits per heavy atom. The van der Waals surface area contributed by atoms with Gasteiger partial charge in [-0.1, -0.05) is 30.0 Å². The van der Waals surface area contributed by atoms with E-state index in [9.17, 15) is 13.2 Å². The summed E-state index contributed by atoms with van der Waals surface area (Å²) in [6.07, 6.45) is 7.71. The number of nitrogens with one attached hydrogen (secondary N) is 2. The van der Waals surface area contributed by atoms with Crippen molar-refractivity contribution >= 4 is 44.1 Å². The number of benzene rings is 1. The molecular formula is C23H29N5O3S2. The molecule has 3 rings (SSSR count). The van der Waals surface area contributed by atoms with Crippen LogP contribution in [0.5, 0.6) is 0 Å². The van der Waals surface area contributed by atoms with Gasteiger partial charge < -0.3 is 10.2 Å². The van der Waals surface area contributed by atoms with Gasteiger partial charge in [0.05, 0.1) is 22.7 Å². The van der Waals surface area contributed by atoms with Crippen LogP contribution in [0.3, 0.4) is 0 Å². The van der Waals surface area contributed by atoms with Crippen molar-refractivity contribution in [3.63, 3.8) is 0 Å². The standard InChI is InChI=1S/C23H29N5O3S2/c1-4-20(25-17(2)32-19-9-13-24-14-10-19)23(29)26-21-7-5-6-8-22(21)28-15-11-18(12-16-28)27-33(3,30)31/h4-10,13-14,18,27H,11-12,15-16H2,1-3H3,(H,26,29)/b20-4-,25-17?. The van der Waals surface area contributed by atoms with E-state index in [1.807, 2.05) is 43.3 Å². The topological polar surface area (TPSA) is 104 Å². The number of hydrogen-bond donors (Lipinski definition) is 2. The van der Waals surface area contributed by atoms with Crippen LogP contribution in [0, 0.1) is 0 Å². The molecule has 0 aliphatic carbocycles. The van der Waals surface area contributed by atoms with Crippen LogP contribution in [-0.4, -0.2) is 49.7 Å². The Kier molecular flexibility index (Phi) is 8.65. The number of amides is 1. The summed E-state index contributed by atoms with van der Waals surface area (Å²) in [5.74, 6) is -0.284. The van der Waals surface area contributed by atoms with E-state index in [4.69, 9.17) is 0 Å². The lowest BCUT2D eigenvalue weighted by Gasteiger charge is -2.34. The third-order valence-corrected chi connectivity index (χ3v) is 6.72. The first-order valence-electron chi connectivity index (χ1n) is 10.7. The smallest absolute Gasteiger partial charge is 0.273 e. The van der Waals surface area contributed by atoms with Crippen molar-refractivity contribution in [2.75, 3.05) is 29.6 Å². The molecule has 0 radical (unpaired) electrons. The highest BCUT2D eigenvalue weighted by Gasteiger charge is 2.23. The van der Waals surface area contributed by atoms with Gasteiger partial charge in [-0.3, -0.25) is 9.78 Å². The number of para-hydroxylation sites is 2. The van der Waals surface area contributed by atoms with Gasteiger partial charge in [0.2, 0.25) is 10.0 Å². The van der Waals surface area contributed by atoms with Crippen molar-refractivity contribution in [1.82, 2.24) is 9.71 Å². The molecule has 2 N–H and O–H groups in total. The largest absolute Gasteiger partial charge is 0.370 e. The molecule has 1 saturated heterocycles. The lowest BCUT2D eigenvalue weighted by Crippen LogP contribution is -2.44. The van der Waals surface area contributed by atoms with Crippen LogP contribution in [0.25, 0.3) is 0 Å². The van der Waals surface area contributed by atoms with Crippen LogP contribution in [0.15, 0.2) is 70.5 Å². The number of thioether (sulfide) groups is 1. The summed E-state index contributed by atoms with van der Waals surface area (Å²) in [7, 11) is -3.22. The van der Waals surface area contributed by atoms with Gasteiger partial charge in [0, 0.05) is 36.4 Å². The van der Waals surface area contributed by atoms with E-state index in [0.717, 1.165) is 15.6 Å². The minimum atomic E-state index is -3.22. The Hall–Kier alpha value is -2.69. The maximum Gasteiger partial charge on any atom is 0.273 e. The fourth-order valence-corrected chi connectivity index (χ4v) is 5.18. The van der Waals surface area contributed by atoms with Gasteiger partial charge in [0.25, 0.3) is 5.91 Å². The zero-order chi connectivity index (χ0) is 23.8. The molecule has 0 spiro atoms. The Morgan fingerprint density at radius 2 is 1.85 bits per heavy atom. The summed E-state index contributed by atoms with van der Waals surface area (Å²) in [5, 5.41) is 3.74. The van der Waals surface area contributed by atoms with E-state index in [2.05, 4.69) is 24.9 Å². The molecule has 10 heteroatoms. The Morgan fingerprint density at radius 1 is 1.18 bits per heavy atom. The second kappa shape index (κ2) is 11.4. The molecule has 2 heterocycles. The highest BCUT2D eigenvalue weighted by molar-refractivity contribution is 8.13. The molecule has 176 valence electrons. The van der Waals surface area contributed by atoms with Crippen LogP contribution >= 0.6 is 11.8 Å². The molecule has 1 aromatic heterocycles. The summed E-state index contributed by atoms with van der Waals surface area (Å²) < 4.78 is 25.7. The van der Waals surface area contributed by atoms with Crippen molar-refractivity contribution in [3.8, 4) is 0 Å². The van der Waals surface area contributed by atoms with Crippen molar-refractivity contribution < 1.29 is 13.2 Å². The van der Waals surface area contributed by atoms with Gasteiger partial charge in [-0.15, -0.1) is 0 Å². The number of aromatic nitrogens is 1. The number of hydrogen-bond acceptors (Lipinski definition) is 7. The zero-order valence-corrected chi connectivity index (χ0v) is 20.6. The fourth-order valence-electron chi connectivity index (χ4n) is 3.60. The van der Waals surface area contributed by atoms with Crippen LogP contribution in [-0.2, 0) is 14.8 Å². The van der Waals surface area contributed by atoms with E-state index >= 15 is 0 Å². The third-order valence-electron chi connectivity index (χ3n) is 5.07. The van der Waals surface area contributed by atoms with Crippen molar-refractivity contribution in [2.45, 2.75) is 37.6 Å². The van der Waals surface area contributed by atoms with E-state index in [1.165, 1.54) is 18.0 Å². The Bertz CT molecular complexity index is 1130. The van der Waals surface area contributed by atoms with E-state index in [0.29, 0.717) is 37.3 Å². The van der Waals surface area contributed by atoms with Crippen molar-refractivity contribution in [3.05, 3.63) is 60.6 Å². The van der Waals surface area contributed by atoms with Gasteiger partial charge in [-0.05, 0) is 51.0 Å². The van der Waals surface area contributed by atoms with Crippen LogP contribution in [0.4, 0.5) is 11.4 Å². The minimum absolute atomic E-state index is 0.0668. The van der Waals surface area contributed by atoms with Gasteiger partial charge in [0.15, 0.2) is 0 Å². The number of carbonyl (C=O) groups is 1. The molecule has 33 heavy (non-hydrogen) atoms.